The van der Waals surface area contributed by atoms with Crippen molar-refractivity contribution in [1.82, 2.24) is 25.3 Å². The average Bonchev–Trinajstić information content (AvgIpc) is 3.69. The van der Waals surface area contributed by atoms with Crippen molar-refractivity contribution in [3.8, 4) is 0 Å². The molecule has 14 nitrogen and oxygen atoms in total. The lowest BCUT2D eigenvalue weighted by molar-refractivity contribution is -0.148. The van der Waals surface area contributed by atoms with Crippen LogP contribution in [0, 0.1) is 23.7 Å². The van der Waals surface area contributed by atoms with E-state index in [0.717, 1.165) is 19.3 Å². The summed E-state index contributed by atoms with van der Waals surface area (Å²) < 4.78 is 17.2. The fraction of sp³-hybridized carbons (Fsp3) is 0.711. The SMILES string of the molecule is C=C/C=C(\C=C)C(O)C(C)NC(=O)C(C)C(OC)C1CCCN1C(=O)CC(OC)C(C(C)CC)N(C)C(=O)[C@@H](NC(=O)C(C(C)C)N(C)C(=O)O/C=C/CCC)C(C)C. The number of hydrogen-bond acceptors (Lipinski definition) is 9. The molecule has 1 rings (SSSR count). The summed E-state index contributed by atoms with van der Waals surface area (Å²) in [6, 6.07) is -3.41. The summed E-state index contributed by atoms with van der Waals surface area (Å²) in [6.45, 7) is 24.7. The van der Waals surface area contributed by atoms with Crippen LogP contribution in [0.3, 0.4) is 0 Å². The molecule has 59 heavy (non-hydrogen) atoms. The van der Waals surface area contributed by atoms with Crippen molar-refractivity contribution in [3.63, 3.8) is 0 Å². The normalized spacial score (nSPS) is 19.2. The van der Waals surface area contributed by atoms with E-state index >= 15 is 0 Å². The first-order valence-electron chi connectivity index (χ1n) is 21.2. The number of amides is 5. The number of likely N-dealkylation sites (N-methyl/N-ethyl adjacent to an activating group) is 2. The van der Waals surface area contributed by atoms with Crippen molar-refractivity contribution in [2.75, 3.05) is 34.9 Å². The number of nitrogens with one attached hydrogen (secondary N) is 2. The number of carbonyl (C=O) groups excluding carboxylic acids is 5. The molecule has 0 aromatic carbocycles. The Labute approximate surface area is 354 Å². The Morgan fingerprint density at radius 3 is 2.07 bits per heavy atom. The van der Waals surface area contributed by atoms with Crippen LogP contribution in [0.25, 0.3) is 0 Å². The molecule has 0 radical (unpaired) electrons. The minimum atomic E-state index is -0.999. The van der Waals surface area contributed by atoms with Gasteiger partial charge in [0, 0.05) is 34.9 Å². The van der Waals surface area contributed by atoms with E-state index in [1.54, 1.807) is 48.9 Å². The Morgan fingerprint density at radius 2 is 1.56 bits per heavy atom. The molecule has 0 spiro atoms. The largest absolute Gasteiger partial charge is 0.418 e. The Bertz CT molecular complexity index is 1450. The van der Waals surface area contributed by atoms with Crippen molar-refractivity contribution in [3.05, 3.63) is 49.3 Å². The Hall–Kier alpha value is -4.01. The molecule has 0 aliphatic carbocycles. The summed E-state index contributed by atoms with van der Waals surface area (Å²) in [5.74, 6) is -2.71. The van der Waals surface area contributed by atoms with Gasteiger partial charge >= 0.3 is 6.09 Å². The second-order valence-electron chi connectivity index (χ2n) is 16.5. The number of allylic oxidation sites excluding steroid dienone is 3. The predicted octanol–water partition coefficient (Wildman–Crippen LogP) is 5.62. The first-order chi connectivity index (χ1) is 27.8. The molecule has 1 fully saturated rings. The van der Waals surface area contributed by atoms with E-state index in [1.807, 2.05) is 48.5 Å². The van der Waals surface area contributed by atoms with Crippen LogP contribution < -0.4 is 10.6 Å². The minimum Gasteiger partial charge on any atom is -0.418 e. The van der Waals surface area contributed by atoms with Gasteiger partial charge in [-0.2, -0.15) is 0 Å². The van der Waals surface area contributed by atoms with E-state index in [2.05, 4.69) is 23.8 Å². The van der Waals surface area contributed by atoms with E-state index in [-0.39, 0.29) is 41.9 Å². The van der Waals surface area contributed by atoms with E-state index < -0.39 is 66.4 Å². The summed E-state index contributed by atoms with van der Waals surface area (Å²) in [6.07, 6.45) is 8.39. The molecule has 5 amide bonds. The highest BCUT2D eigenvalue weighted by atomic mass is 16.5. The van der Waals surface area contributed by atoms with Gasteiger partial charge in [-0.25, -0.2) is 4.79 Å². The molecule has 3 N–H and O–H groups in total. The maximum atomic E-state index is 14.4. The lowest BCUT2D eigenvalue weighted by Gasteiger charge is -2.41. The maximum Gasteiger partial charge on any atom is 0.415 e. The highest BCUT2D eigenvalue weighted by molar-refractivity contribution is 5.92. The Balaban J connectivity index is 3.30. The van der Waals surface area contributed by atoms with Crippen LogP contribution in [0.2, 0.25) is 0 Å². The van der Waals surface area contributed by atoms with Gasteiger partial charge in [0.15, 0.2) is 0 Å². The third-order valence-corrected chi connectivity index (χ3v) is 11.5. The smallest absolute Gasteiger partial charge is 0.415 e. The number of carbonyl (C=O) groups is 5. The number of aliphatic hydroxyl groups is 1. The van der Waals surface area contributed by atoms with E-state index in [9.17, 15) is 29.1 Å². The summed E-state index contributed by atoms with van der Waals surface area (Å²) in [5, 5.41) is 16.6. The van der Waals surface area contributed by atoms with Crippen LogP contribution in [0.5, 0.6) is 0 Å². The third kappa shape index (κ3) is 14.9. The van der Waals surface area contributed by atoms with Gasteiger partial charge < -0.3 is 39.8 Å². The van der Waals surface area contributed by atoms with Crippen molar-refractivity contribution in [1.29, 1.82) is 0 Å². The third-order valence-electron chi connectivity index (χ3n) is 11.5. The van der Waals surface area contributed by atoms with Crippen LogP contribution in [0.15, 0.2) is 49.3 Å². The van der Waals surface area contributed by atoms with Crippen molar-refractivity contribution in [2.24, 2.45) is 23.7 Å². The molecule has 14 heteroatoms. The lowest BCUT2D eigenvalue weighted by Crippen LogP contribution is -2.60. The Kier molecular flexibility index (Phi) is 23.6. The number of likely N-dealkylation sites (tertiary alicyclic amines) is 1. The monoisotopic (exact) mass is 832 g/mol. The van der Waals surface area contributed by atoms with Crippen LogP contribution in [-0.2, 0) is 33.4 Å². The number of aliphatic hydroxyl groups excluding tert-OH is 1. The highest BCUT2D eigenvalue weighted by Crippen LogP contribution is 2.30. The summed E-state index contributed by atoms with van der Waals surface area (Å²) in [7, 11) is 6.22. The van der Waals surface area contributed by atoms with Gasteiger partial charge in [-0.15, -0.1) is 0 Å². The second-order valence-corrected chi connectivity index (χ2v) is 16.5. The number of hydrogen-bond donors (Lipinski definition) is 3. The Morgan fingerprint density at radius 1 is 0.915 bits per heavy atom. The summed E-state index contributed by atoms with van der Waals surface area (Å²) >= 11 is 0. The molecular weight excluding hydrogens is 755 g/mol. The number of unbranched alkanes of at least 4 members (excludes halogenated alkanes) is 1. The topological polar surface area (TPSA) is 167 Å². The van der Waals surface area contributed by atoms with E-state index in [4.69, 9.17) is 14.2 Å². The second kappa shape index (κ2) is 26.3. The molecule has 1 aliphatic heterocycles. The molecule has 10 atom stereocenters. The summed E-state index contributed by atoms with van der Waals surface area (Å²) in [4.78, 5) is 73.5. The zero-order valence-corrected chi connectivity index (χ0v) is 38.2. The van der Waals surface area contributed by atoms with Gasteiger partial charge in [-0.3, -0.25) is 24.1 Å². The summed E-state index contributed by atoms with van der Waals surface area (Å²) in [5.41, 5.74) is 0.522. The molecule has 1 saturated heterocycles. The van der Waals surface area contributed by atoms with Gasteiger partial charge in [-0.1, -0.05) is 99.6 Å². The molecule has 0 aromatic heterocycles. The number of methoxy groups -OCH3 is 2. The number of ether oxygens (including phenoxy) is 3. The van der Waals surface area contributed by atoms with Crippen LogP contribution in [0.1, 0.15) is 101 Å². The highest BCUT2D eigenvalue weighted by Gasteiger charge is 2.43. The first-order valence-corrected chi connectivity index (χ1v) is 21.2. The number of nitrogens with zero attached hydrogens (tertiary/aromatic N) is 3. The molecule has 0 bridgehead atoms. The van der Waals surface area contributed by atoms with Crippen LogP contribution >= 0.6 is 0 Å². The molecular formula is C45H77N5O9. The first kappa shape index (κ1) is 53.0. The van der Waals surface area contributed by atoms with Crippen molar-refractivity contribution >= 4 is 29.7 Å². The van der Waals surface area contributed by atoms with Crippen LogP contribution in [-0.4, -0.2) is 133 Å². The molecule has 1 aliphatic rings. The molecule has 336 valence electrons. The fourth-order valence-corrected chi connectivity index (χ4v) is 7.89. The standard InChI is InChI=1S/C45H77N5O9/c1-16-20-21-26-59-45(56)49(13)38(29(7)8)43(54)47-37(28(5)6)44(55)48(12)39(30(9)18-3)35(57-14)27-36(51)50-25-22-24-34(50)41(58-15)31(10)42(53)46-32(11)40(52)33(19-4)23-17-2/h17,19,21,23,26,28-32,34-35,37-41,52H,2,4,16,18,20,22,24-25,27H2,1,3,5-15H3,(H,46,53)(H,47,54)/b26-21+,33-23+/t30?,31?,32?,34?,35?,37-,38?,39?,40?,41?/m0/s1. The zero-order valence-electron chi connectivity index (χ0n) is 38.2. The van der Waals surface area contributed by atoms with Crippen molar-refractivity contribution < 1.29 is 43.3 Å². The van der Waals surface area contributed by atoms with E-state index in [1.165, 1.54) is 38.5 Å². The van der Waals surface area contributed by atoms with Gasteiger partial charge in [0.25, 0.3) is 0 Å². The molecule has 9 unspecified atom stereocenters. The predicted molar refractivity (Wildman–Crippen MR) is 232 cm³/mol. The number of rotatable bonds is 25. The maximum absolute atomic E-state index is 14.4. The quantitative estimate of drug-likeness (QED) is 0.0782. The minimum absolute atomic E-state index is 0.0342. The average molecular weight is 832 g/mol. The van der Waals surface area contributed by atoms with Crippen molar-refractivity contribution in [2.45, 2.75) is 149 Å². The van der Waals surface area contributed by atoms with E-state index in [0.29, 0.717) is 25.0 Å². The van der Waals surface area contributed by atoms with Gasteiger partial charge in [-0.05, 0) is 55.6 Å². The molecule has 0 saturated carbocycles. The van der Waals surface area contributed by atoms with Crippen LogP contribution in [0.4, 0.5) is 4.79 Å². The zero-order chi connectivity index (χ0) is 45.1. The lowest BCUT2D eigenvalue weighted by atomic mass is 9.89. The van der Waals surface area contributed by atoms with Gasteiger partial charge in [0.1, 0.15) is 12.1 Å². The fourth-order valence-electron chi connectivity index (χ4n) is 7.89. The van der Waals surface area contributed by atoms with Gasteiger partial charge in [0.05, 0.1) is 55.0 Å². The van der Waals surface area contributed by atoms with Gasteiger partial charge in [0.2, 0.25) is 23.6 Å². The molecule has 0 aromatic rings. The molecule has 1 heterocycles.